The number of rotatable bonds is 3. The molecular formula is C19H13FN4O2. The molecule has 0 spiro atoms. The first-order valence-corrected chi connectivity index (χ1v) is 7.90. The molecule has 2 aromatic carbocycles. The molecule has 0 radical (unpaired) electrons. The molecular weight excluding hydrogens is 335 g/mol. The molecule has 2 aromatic heterocycles. The second-order valence-corrected chi connectivity index (χ2v) is 5.82. The summed E-state index contributed by atoms with van der Waals surface area (Å²) in [7, 11) is 0. The van der Waals surface area contributed by atoms with Crippen molar-refractivity contribution in [1.82, 2.24) is 14.6 Å². The van der Waals surface area contributed by atoms with Crippen LogP contribution in [0.25, 0.3) is 28.0 Å². The maximum Gasteiger partial charge on any atom is 0.305 e. The Morgan fingerprint density at radius 3 is 2.58 bits per heavy atom. The van der Waals surface area contributed by atoms with E-state index in [-0.39, 0.29) is 0 Å². The van der Waals surface area contributed by atoms with E-state index in [0.717, 1.165) is 22.9 Å². The van der Waals surface area contributed by atoms with Gasteiger partial charge < -0.3 is 0 Å². The molecule has 0 aliphatic rings. The number of hydrogen-bond donors (Lipinski definition) is 0. The summed E-state index contributed by atoms with van der Waals surface area (Å²) >= 11 is 0. The molecule has 0 saturated carbocycles. The molecule has 128 valence electrons. The SMILES string of the molecule is Cc1nn2c(-c3ccc(F)c([N+](=O)[O-])c3)ccnc2c1-c1ccccc1. The molecule has 7 heteroatoms. The fraction of sp³-hybridized carbons (Fsp3) is 0.0526. The minimum absolute atomic E-state index is 0.493. The molecule has 4 rings (SSSR count). The Morgan fingerprint density at radius 2 is 1.85 bits per heavy atom. The Morgan fingerprint density at radius 1 is 1.08 bits per heavy atom. The summed E-state index contributed by atoms with van der Waals surface area (Å²) in [4.78, 5) is 14.7. The molecule has 4 aromatic rings. The molecule has 2 heterocycles. The summed E-state index contributed by atoms with van der Waals surface area (Å²) in [5.41, 5.74) is 3.82. The number of halogens is 1. The highest BCUT2D eigenvalue weighted by atomic mass is 19.1. The van der Waals surface area contributed by atoms with Crippen LogP contribution in [0.15, 0.2) is 60.8 Å². The van der Waals surface area contributed by atoms with E-state index < -0.39 is 16.4 Å². The minimum Gasteiger partial charge on any atom is -0.258 e. The Bertz CT molecular complexity index is 1140. The van der Waals surface area contributed by atoms with Gasteiger partial charge in [0, 0.05) is 23.4 Å². The first kappa shape index (κ1) is 15.9. The molecule has 0 unspecified atom stereocenters. The third kappa shape index (κ3) is 2.50. The second-order valence-electron chi connectivity index (χ2n) is 5.82. The van der Waals surface area contributed by atoms with Gasteiger partial charge in [0.1, 0.15) is 0 Å². The lowest BCUT2D eigenvalue weighted by atomic mass is 10.1. The van der Waals surface area contributed by atoms with E-state index >= 15 is 0 Å². The van der Waals surface area contributed by atoms with Crippen molar-refractivity contribution in [2.45, 2.75) is 6.92 Å². The van der Waals surface area contributed by atoms with Crippen molar-refractivity contribution in [3.05, 3.63) is 82.4 Å². The average Bonchev–Trinajstić information content (AvgIpc) is 2.98. The van der Waals surface area contributed by atoms with Gasteiger partial charge in [-0.15, -0.1) is 0 Å². The summed E-state index contributed by atoms with van der Waals surface area (Å²) < 4.78 is 15.3. The Kier molecular flexibility index (Phi) is 3.69. The maximum atomic E-state index is 13.7. The molecule has 0 N–H and O–H groups in total. The summed E-state index contributed by atoms with van der Waals surface area (Å²) in [5, 5.41) is 15.6. The highest BCUT2D eigenvalue weighted by Crippen LogP contribution is 2.31. The van der Waals surface area contributed by atoms with Gasteiger partial charge in [-0.05, 0) is 30.7 Å². The standard InChI is InChI=1S/C19H13FN4O2/c1-12-18(13-5-3-2-4-6-13)19-21-10-9-16(23(19)22-12)14-7-8-15(20)17(11-14)24(25)26/h2-11H,1H3. The lowest BCUT2D eigenvalue weighted by Gasteiger charge is -2.06. The van der Waals surface area contributed by atoms with Crippen LogP contribution in [0.1, 0.15) is 5.69 Å². The molecule has 0 bridgehead atoms. The van der Waals surface area contributed by atoms with Crippen LogP contribution in [0, 0.1) is 22.9 Å². The van der Waals surface area contributed by atoms with Crippen molar-refractivity contribution < 1.29 is 9.31 Å². The molecule has 0 atom stereocenters. The topological polar surface area (TPSA) is 73.3 Å². The van der Waals surface area contributed by atoms with E-state index in [1.165, 1.54) is 12.1 Å². The predicted molar refractivity (Wildman–Crippen MR) is 95.2 cm³/mol. The Labute approximate surface area is 147 Å². The molecule has 0 saturated heterocycles. The minimum atomic E-state index is -0.870. The first-order valence-electron chi connectivity index (χ1n) is 7.90. The Balaban J connectivity index is 1.96. The number of nitro benzene ring substituents is 1. The number of aromatic nitrogens is 3. The zero-order valence-electron chi connectivity index (χ0n) is 13.8. The molecule has 6 nitrogen and oxygen atoms in total. The van der Waals surface area contributed by atoms with Gasteiger partial charge in [0.25, 0.3) is 0 Å². The van der Waals surface area contributed by atoms with Gasteiger partial charge in [-0.1, -0.05) is 30.3 Å². The third-order valence-electron chi connectivity index (χ3n) is 4.19. The fourth-order valence-electron chi connectivity index (χ4n) is 3.02. The summed E-state index contributed by atoms with van der Waals surface area (Å²) in [6.07, 6.45) is 1.62. The largest absolute Gasteiger partial charge is 0.305 e. The van der Waals surface area contributed by atoms with E-state index in [9.17, 15) is 14.5 Å². The van der Waals surface area contributed by atoms with E-state index in [1.807, 2.05) is 37.3 Å². The average molecular weight is 348 g/mol. The zero-order valence-corrected chi connectivity index (χ0v) is 13.8. The monoisotopic (exact) mass is 348 g/mol. The summed E-state index contributed by atoms with van der Waals surface area (Å²) in [6.45, 7) is 1.88. The predicted octanol–water partition coefficient (Wildman–Crippen LogP) is 4.42. The van der Waals surface area contributed by atoms with Gasteiger partial charge in [0.2, 0.25) is 5.82 Å². The lowest BCUT2D eigenvalue weighted by Crippen LogP contribution is -1.98. The van der Waals surface area contributed by atoms with Crippen molar-refractivity contribution in [2.24, 2.45) is 0 Å². The van der Waals surface area contributed by atoms with Crippen LogP contribution in [0.4, 0.5) is 10.1 Å². The van der Waals surface area contributed by atoms with Gasteiger partial charge in [-0.25, -0.2) is 9.50 Å². The van der Waals surface area contributed by atoms with Gasteiger partial charge in [0.05, 0.1) is 16.3 Å². The van der Waals surface area contributed by atoms with Gasteiger partial charge in [0.15, 0.2) is 5.65 Å². The maximum absolute atomic E-state index is 13.7. The number of nitrogens with zero attached hydrogens (tertiary/aromatic N) is 4. The summed E-state index contributed by atoms with van der Waals surface area (Å²) in [6, 6.07) is 15.2. The van der Waals surface area contributed by atoms with Crippen molar-refractivity contribution in [1.29, 1.82) is 0 Å². The van der Waals surface area contributed by atoms with Gasteiger partial charge in [-0.3, -0.25) is 10.1 Å². The normalized spacial score (nSPS) is 11.0. The van der Waals surface area contributed by atoms with Crippen LogP contribution in [0.3, 0.4) is 0 Å². The highest BCUT2D eigenvalue weighted by molar-refractivity contribution is 5.81. The summed E-state index contributed by atoms with van der Waals surface area (Å²) in [5.74, 6) is -0.870. The Hall–Kier alpha value is -3.61. The van der Waals surface area contributed by atoms with Crippen LogP contribution in [0.2, 0.25) is 0 Å². The molecule has 0 aliphatic heterocycles. The molecule has 26 heavy (non-hydrogen) atoms. The van der Waals surface area contributed by atoms with Gasteiger partial charge in [-0.2, -0.15) is 9.49 Å². The van der Waals surface area contributed by atoms with Crippen molar-refractivity contribution in [3.63, 3.8) is 0 Å². The van der Waals surface area contributed by atoms with Crippen LogP contribution in [0.5, 0.6) is 0 Å². The molecule has 0 fully saturated rings. The number of benzene rings is 2. The molecule has 0 aliphatic carbocycles. The fourth-order valence-corrected chi connectivity index (χ4v) is 3.02. The number of aryl methyl sites for hydroxylation is 1. The van der Waals surface area contributed by atoms with E-state index in [0.29, 0.717) is 16.9 Å². The van der Waals surface area contributed by atoms with Crippen LogP contribution < -0.4 is 0 Å². The van der Waals surface area contributed by atoms with Crippen LogP contribution in [-0.2, 0) is 0 Å². The number of nitro groups is 1. The lowest BCUT2D eigenvalue weighted by molar-refractivity contribution is -0.387. The number of hydrogen-bond acceptors (Lipinski definition) is 4. The van der Waals surface area contributed by atoms with E-state index in [1.54, 1.807) is 16.8 Å². The smallest absolute Gasteiger partial charge is 0.258 e. The van der Waals surface area contributed by atoms with Crippen molar-refractivity contribution in [2.75, 3.05) is 0 Å². The third-order valence-corrected chi connectivity index (χ3v) is 4.19. The van der Waals surface area contributed by atoms with Crippen LogP contribution in [-0.4, -0.2) is 19.5 Å². The van der Waals surface area contributed by atoms with E-state index in [4.69, 9.17) is 0 Å². The van der Waals surface area contributed by atoms with E-state index in [2.05, 4.69) is 10.1 Å². The second kappa shape index (κ2) is 6.03. The van der Waals surface area contributed by atoms with Crippen LogP contribution >= 0.6 is 0 Å². The highest BCUT2D eigenvalue weighted by Gasteiger charge is 2.19. The quantitative estimate of drug-likeness (QED) is 0.406. The van der Waals surface area contributed by atoms with Gasteiger partial charge >= 0.3 is 5.69 Å². The zero-order chi connectivity index (χ0) is 18.3. The first-order chi connectivity index (χ1) is 12.6. The number of fused-ring (bicyclic) bond motifs is 1. The van der Waals surface area contributed by atoms with Crippen molar-refractivity contribution in [3.8, 4) is 22.4 Å². The molecule has 0 amide bonds. The van der Waals surface area contributed by atoms with Crippen molar-refractivity contribution >= 4 is 11.3 Å².